The van der Waals surface area contributed by atoms with Crippen molar-refractivity contribution in [2.45, 2.75) is 25.7 Å². The summed E-state index contributed by atoms with van der Waals surface area (Å²) in [5.41, 5.74) is -0.121. The molecule has 1 aromatic rings. The Hall–Kier alpha value is -1.29. The third-order valence-electron chi connectivity index (χ3n) is 4.71. The van der Waals surface area contributed by atoms with Gasteiger partial charge in [0.25, 0.3) is 0 Å². The number of hydrogen-bond donors (Lipinski definition) is 0. The molecule has 2 aliphatic rings. The number of ketones is 1. The summed E-state index contributed by atoms with van der Waals surface area (Å²) in [5, 5.41) is 0. The second-order valence-corrected chi connectivity index (χ2v) is 5.99. The number of halogens is 2. The summed E-state index contributed by atoms with van der Waals surface area (Å²) in [6.07, 6.45) is 4.19. The Kier molecular flexibility index (Phi) is 3.83. The summed E-state index contributed by atoms with van der Waals surface area (Å²) >= 11 is 0. The maximum absolute atomic E-state index is 13.5. The van der Waals surface area contributed by atoms with E-state index in [9.17, 15) is 13.6 Å². The van der Waals surface area contributed by atoms with Crippen molar-refractivity contribution in [2.24, 2.45) is 11.8 Å². The average molecular weight is 279 g/mol. The van der Waals surface area contributed by atoms with E-state index in [1.165, 1.54) is 31.4 Å². The number of nitrogens with zero attached hydrogens (tertiary/aromatic N) is 1. The SMILES string of the molecule is O=C(CCN1CC2CCCC2C1)c1cccc(F)c1F. The molecule has 0 radical (unpaired) electrons. The molecule has 4 heteroatoms. The Morgan fingerprint density at radius 2 is 1.90 bits per heavy atom. The third-order valence-corrected chi connectivity index (χ3v) is 4.71. The fourth-order valence-corrected chi connectivity index (χ4v) is 3.63. The lowest BCUT2D eigenvalue weighted by Gasteiger charge is -2.16. The molecule has 1 aliphatic heterocycles. The molecule has 0 aromatic heterocycles. The summed E-state index contributed by atoms with van der Waals surface area (Å²) in [4.78, 5) is 14.3. The Bertz CT molecular complexity index is 505. The van der Waals surface area contributed by atoms with Crippen molar-refractivity contribution in [3.63, 3.8) is 0 Å². The number of benzene rings is 1. The van der Waals surface area contributed by atoms with Crippen molar-refractivity contribution in [2.75, 3.05) is 19.6 Å². The molecule has 1 heterocycles. The van der Waals surface area contributed by atoms with Crippen molar-refractivity contribution in [3.8, 4) is 0 Å². The lowest BCUT2D eigenvalue weighted by atomic mass is 10.0. The molecule has 0 amide bonds. The van der Waals surface area contributed by atoms with Gasteiger partial charge >= 0.3 is 0 Å². The maximum Gasteiger partial charge on any atom is 0.169 e. The molecular weight excluding hydrogens is 260 g/mol. The number of Topliss-reactive ketones (excluding diaryl/α,β-unsaturated/α-hetero) is 1. The van der Waals surface area contributed by atoms with E-state index in [2.05, 4.69) is 4.90 Å². The Balaban J connectivity index is 1.56. The lowest BCUT2D eigenvalue weighted by Crippen LogP contribution is -2.25. The van der Waals surface area contributed by atoms with Crippen LogP contribution in [-0.4, -0.2) is 30.3 Å². The van der Waals surface area contributed by atoms with Crippen molar-refractivity contribution in [1.29, 1.82) is 0 Å². The monoisotopic (exact) mass is 279 g/mol. The zero-order valence-corrected chi connectivity index (χ0v) is 11.4. The second-order valence-electron chi connectivity index (χ2n) is 5.99. The molecule has 2 fully saturated rings. The fraction of sp³-hybridized carbons (Fsp3) is 0.562. The fourth-order valence-electron chi connectivity index (χ4n) is 3.63. The minimum atomic E-state index is -1.02. The van der Waals surface area contributed by atoms with Gasteiger partial charge in [0, 0.05) is 26.1 Å². The first-order valence-corrected chi connectivity index (χ1v) is 7.34. The molecule has 2 atom stereocenters. The third kappa shape index (κ3) is 2.62. The van der Waals surface area contributed by atoms with E-state index < -0.39 is 11.6 Å². The molecule has 1 aromatic carbocycles. The van der Waals surface area contributed by atoms with Crippen LogP contribution in [0.1, 0.15) is 36.0 Å². The summed E-state index contributed by atoms with van der Waals surface area (Å²) in [6.45, 7) is 2.77. The van der Waals surface area contributed by atoms with Crippen molar-refractivity contribution >= 4 is 5.78 Å². The van der Waals surface area contributed by atoms with Crippen molar-refractivity contribution < 1.29 is 13.6 Å². The minimum Gasteiger partial charge on any atom is -0.302 e. The van der Waals surface area contributed by atoms with Crippen LogP contribution in [-0.2, 0) is 0 Å². The van der Waals surface area contributed by atoms with Crippen molar-refractivity contribution in [1.82, 2.24) is 4.90 Å². The molecule has 2 unspecified atom stereocenters. The van der Waals surface area contributed by atoms with Crippen LogP contribution in [0.25, 0.3) is 0 Å². The number of fused-ring (bicyclic) bond motifs is 1. The van der Waals surface area contributed by atoms with Gasteiger partial charge in [-0.2, -0.15) is 0 Å². The van der Waals surface area contributed by atoms with Gasteiger partial charge in [0.1, 0.15) is 0 Å². The van der Waals surface area contributed by atoms with E-state index in [1.807, 2.05) is 0 Å². The van der Waals surface area contributed by atoms with Crippen LogP contribution in [0.3, 0.4) is 0 Å². The standard InChI is InChI=1S/C16H19F2NO/c17-14-6-2-5-13(16(14)18)15(20)7-8-19-9-11-3-1-4-12(11)10-19/h2,5-6,11-12H,1,3-4,7-10H2. The molecule has 1 aliphatic carbocycles. The number of likely N-dealkylation sites (tertiary alicyclic amines) is 1. The molecule has 108 valence electrons. The number of carbonyl (C=O) groups is 1. The van der Waals surface area contributed by atoms with Gasteiger partial charge in [-0.1, -0.05) is 12.5 Å². The summed E-state index contributed by atoms with van der Waals surface area (Å²) in [6, 6.07) is 3.78. The van der Waals surface area contributed by atoms with Gasteiger partial charge in [-0.3, -0.25) is 4.79 Å². The van der Waals surface area contributed by atoms with Crippen LogP contribution in [0, 0.1) is 23.5 Å². The predicted molar refractivity (Wildman–Crippen MR) is 72.6 cm³/mol. The van der Waals surface area contributed by atoms with Crippen LogP contribution >= 0.6 is 0 Å². The predicted octanol–water partition coefficient (Wildman–Crippen LogP) is 3.27. The van der Waals surface area contributed by atoms with Gasteiger partial charge in [-0.15, -0.1) is 0 Å². The van der Waals surface area contributed by atoms with Gasteiger partial charge < -0.3 is 4.90 Å². The molecule has 0 N–H and O–H groups in total. The van der Waals surface area contributed by atoms with E-state index in [4.69, 9.17) is 0 Å². The zero-order chi connectivity index (χ0) is 14.1. The van der Waals surface area contributed by atoms with Crippen LogP contribution in [0.4, 0.5) is 8.78 Å². The molecule has 20 heavy (non-hydrogen) atoms. The van der Waals surface area contributed by atoms with Gasteiger partial charge in [0.05, 0.1) is 5.56 Å². The summed E-state index contributed by atoms with van der Waals surface area (Å²) in [7, 11) is 0. The lowest BCUT2D eigenvalue weighted by molar-refractivity contribution is 0.0962. The molecule has 1 saturated carbocycles. The highest BCUT2D eigenvalue weighted by Gasteiger charge is 2.35. The molecular formula is C16H19F2NO. The molecule has 1 saturated heterocycles. The van der Waals surface area contributed by atoms with E-state index >= 15 is 0 Å². The van der Waals surface area contributed by atoms with Crippen LogP contribution in [0.2, 0.25) is 0 Å². The summed E-state index contributed by atoms with van der Waals surface area (Å²) < 4.78 is 26.6. The number of carbonyl (C=O) groups excluding carboxylic acids is 1. The van der Waals surface area contributed by atoms with Crippen LogP contribution < -0.4 is 0 Å². The maximum atomic E-state index is 13.5. The Labute approximate surface area is 117 Å². The van der Waals surface area contributed by atoms with Gasteiger partial charge in [-0.05, 0) is 36.8 Å². The minimum absolute atomic E-state index is 0.121. The van der Waals surface area contributed by atoms with E-state index in [0.29, 0.717) is 6.54 Å². The topological polar surface area (TPSA) is 20.3 Å². The second kappa shape index (κ2) is 5.60. The van der Waals surface area contributed by atoms with Gasteiger partial charge in [0.15, 0.2) is 17.4 Å². The first kappa shape index (κ1) is 13.7. The normalized spacial score (nSPS) is 25.9. The average Bonchev–Trinajstić information content (AvgIpc) is 3.00. The van der Waals surface area contributed by atoms with E-state index in [1.54, 1.807) is 0 Å². The Morgan fingerprint density at radius 3 is 2.60 bits per heavy atom. The highest BCUT2D eigenvalue weighted by molar-refractivity contribution is 5.96. The molecule has 3 rings (SSSR count). The highest BCUT2D eigenvalue weighted by Crippen LogP contribution is 2.37. The highest BCUT2D eigenvalue weighted by atomic mass is 19.2. The van der Waals surface area contributed by atoms with Gasteiger partial charge in [-0.25, -0.2) is 8.78 Å². The number of rotatable bonds is 4. The quantitative estimate of drug-likeness (QED) is 0.788. The molecule has 0 spiro atoms. The summed E-state index contributed by atoms with van der Waals surface area (Å²) in [5.74, 6) is -0.701. The van der Waals surface area contributed by atoms with E-state index in [-0.39, 0.29) is 17.8 Å². The first-order valence-electron chi connectivity index (χ1n) is 7.34. The van der Waals surface area contributed by atoms with Gasteiger partial charge in [0.2, 0.25) is 0 Å². The van der Waals surface area contributed by atoms with E-state index in [0.717, 1.165) is 31.0 Å². The zero-order valence-electron chi connectivity index (χ0n) is 11.4. The van der Waals surface area contributed by atoms with Crippen LogP contribution in [0.15, 0.2) is 18.2 Å². The molecule has 2 nitrogen and oxygen atoms in total. The smallest absolute Gasteiger partial charge is 0.169 e. The van der Waals surface area contributed by atoms with Crippen LogP contribution in [0.5, 0.6) is 0 Å². The number of hydrogen-bond acceptors (Lipinski definition) is 2. The largest absolute Gasteiger partial charge is 0.302 e. The molecule has 0 bridgehead atoms. The Morgan fingerprint density at radius 1 is 1.20 bits per heavy atom. The van der Waals surface area contributed by atoms with Crippen molar-refractivity contribution in [3.05, 3.63) is 35.4 Å². The first-order chi connectivity index (χ1) is 9.65.